The van der Waals surface area contributed by atoms with E-state index in [0.29, 0.717) is 11.4 Å². The van der Waals surface area contributed by atoms with Gasteiger partial charge >= 0.3 is 0 Å². The van der Waals surface area contributed by atoms with Crippen LogP contribution in [0.5, 0.6) is 17.2 Å². The van der Waals surface area contributed by atoms with Crippen molar-refractivity contribution in [2.45, 2.75) is 0 Å². The number of benzene rings is 2. The minimum Gasteiger partial charge on any atom is -0.504 e. The van der Waals surface area contributed by atoms with Gasteiger partial charge in [0.1, 0.15) is 5.75 Å². The number of ether oxygens (including phenoxy) is 1. The van der Waals surface area contributed by atoms with Crippen LogP contribution in [-0.2, 0) is 0 Å². The molecule has 94 valence electrons. The van der Waals surface area contributed by atoms with Gasteiger partial charge in [0.25, 0.3) is 0 Å². The fraction of sp³-hybridized carbons (Fsp3) is 0.0769. The van der Waals surface area contributed by atoms with E-state index in [1.165, 1.54) is 12.1 Å². The van der Waals surface area contributed by atoms with Crippen LogP contribution in [0.4, 0.5) is 11.4 Å². The minimum absolute atomic E-state index is 0.0855. The molecule has 18 heavy (non-hydrogen) atoms. The van der Waals surface area contributed by atoms with E-state index in [0.717, 1.165) is 5.69 Å². The quantitative estimate of drug-likeness (QED) is 0.743. The number of nitrogens with one attached hydrogen (secondary N) is 1. The number of hydrogen-bond acceptors (Lipinski definition) is 4. The number of nitrogens with two attached hydrogens (primary N) is 1. The lowest BCUT2D eigenvalue weighted by Crippen LogP contribution is -1.91. The summed E-state index contributed by atoms with van der Waals surface area (Å²) in [6.07, 6.45) is 0. The first-order valence-electron chi connectivity index (χ1n) is 5.34. The highest BCUT2D eigenvalue weighted by Crippen LogP contribution is 2.39. The molecular formula is C13H13ClN2O2. The molecular weight excluding hydrogens is 252 g/mol. The molecule has 2 aromatic rings. The third kappa shape index (κ3) is 2.60. The second-order valence-electron chi connectivity index (χ2n) is 3.73. The molecule has 0 aromatic heterocycles. The van der Waals surface area contributed by atoms with Crippen LogP contribution >= 0.6 is 11.6 Å². The van der Waals surface area contributed by atoms with E-state index in [1.54, 1.807) is 12.1 Å². The van der Waals surface area contributed by atoms with Crippen molar-refractivity contribution >= 4 is 23.0 Å². The van der Waals surface area contributed by atoms with E-state index in [4.69, 9.17) is 22.1 Å². The third-order valence-electron chi connectivity index (χ3n) is 2.41. The molecule has 0 amide bonds. The summed E-state index contributed by atoms with van der Waals surface area (Å²) in [7, 11) is 1.83. The lowest BCUT2D eigenvalue weighted by atomic mass is 10.2. The van der Waals surface area contributed by atoms with Gasteiger partial charge in [-0.2, -0.15) is 0 Å². The second-order valence-corrected chi connectivity index (χ2v) is 4.13. The van der Waals surface area contributed by atoms with E-state index >= 15 is 0 Å². The van der Waals surface area contributed by atoms with E-state index in [2.05, 4.69) is 5.32 Å². The second kappa shape index (κ2) is 5.06. The predicted molar refractivity (Wildman–Crippen MR) is 73.6 cm³/mol. The first kappa shape index (κ1) is 12.4. The van der Waals surface area contributed by atoms with Gasteiger partial charge in [-0.3, -0.25) is 0 Å². The molecule has 2 rings (SSSR count). The van der Waals surface area contributed by atoms with Crippen molar-refractivity contribution in [2.75, 3.05) is 18.1 Å². The molecule has 0 aliphatic heterocycles. The Morgan fingerprint density at radius 1 is 1.22 bits per heavy atom. The van der Waals surface area contributed by atoms with Crippen molar-refractivity contribution in [3.8, 4) is 17.2 Å². The standard InChI is InChI=1S/C13H13ClN2O2/c1-16-9-2-4-10(5-3-9)18-13-11(14)6-8(15)7-12(13)17/h2-7,16-17H,15H2,1H3. The molecule has 0 heterocycles. The largest absolute Gasteiger partial charge is 0.504 e. The Kier molecular flexibility index (Phi) is 3.48. The molecule has 0 unspecified atom stereocenters. The maximum absolute atomic E-state index is 9.73. The van der Waals surface area contributed by atoms with Crippen LogP contribution in [0, 0.1) is 0 Å². The van der Waals surface area contributed by atoms with Gasteiger partial charge in [-0.05, 0) is 30.3 Å². The van der Waals surface area contributed by atoms with Crippen molar-refractivity contribution in [1.82, 2.24) is 0 Å². The summed E-state index contributed by atoms with van der Waals surface area (Å²) >= 11 is 5.97. The van der Waals surface area contributed by atoms with E-state index in [-0.39, 0.29) is 16.5 Å². The summed E-state index contributed by atoms with van der Waals surface area (Å²) in [5.74, 6) is 0.691. The fourth-order valence-corrected chi connectivity index (χ4v) is 1.77. The normalized spacial score (nSPS) is 10.1. The number of phenolic OH excluding ortho intramolecular Hbond substituents is 1. The molecule has 5 heteroatoms. The van der Waals surface area contributed by atoms with Crippen molar-refractivity contribution in [2.24, 2.45) is 0 Å². The molecule has 0 saturated carbocycles. The highest BCUT2D eigenvalue weighted by molar-refractivity contribution is 6.32. The minimum atomic E-state index is -0.0855. The number of rotatable bonds is 3. The molecule has 0 fully saturated rings. The van der Waals surface area contributed by atoms with Crippen molar-refractivity contribution in [3.05, 3.63) is 41.4 Å². The lowest BCUT2D eigenvalue weighted by molar-refractivity contribution is 0.412. The van der Waals surface area contributed by atoms with E-state index in [1.807, 2.05) is 19.2 Å². The number of phenols is 1. The van der Waals surface area contributed by atoms with Crippen LogP contribution in [0.3, 0.4) is 0 Å². The highest BCUT2D eigenvalue weighted by Gasteiger charge is 2.10. The van der Waals surface area contributed by atoms with Gasteiger partial charge in [0, 0.05) is 24.5 Å². The number of hydrogen-bond donors (Lipinski definition) is 3. The third-order valence-corrected chi connectivity index (χ3v) is 2.69. The lowest BCUT2D eigenvalue weighted by Gasteiger charge is -2.10. The monoisotopic (exact) mass is 264 g/mol. The molecule has 2 aromatic carbocycles. The fourth-order valence-electron chi connectivity index (χ4n) is 1.51. The Labute approximate surface area is 110 Å². The van der Waals surface area contributed by atoms with Crippen LogP contribution in [-0.4, -0.2) is 12.2 Å². The van der Waals surface area contributed by atoms with Crippen LogP contribution in [0.2, 0.25) is 5.02 Å². The van der Waals surface area contributed by atoms with Gasteiger partial charge in [-0.1, -0.05) is 11.6 Å². The number of nitrogen functional groups attached to an aromatic ring is 1. The Bertz CT molecular complexity index is 532. The Hall–Kier alpha value is -2.07. The SMILES string of the molecule is CNc1ccc(Oc2c(O)cc(N)cc2Cl)cc1. The average Bonchev–Trinajstić information content (AvgIpc) is 2.34. The van der Waals surface area contributed by atoms with Crippen molar-refractivity contribution in [3.63, 3.8) is 0 Å². The van der Waals surface area contributed by atoms with Gasteiger partial charge in [-0.15, -0.1) is 0 Å². The van der Waals surface area contributed by atoms with Crippen LogP contribution in [0.25, 0.3) is 0 Å². The zero-order valence-electron chi connectivity index (χ0n) is 9.77. The summed E-state index contributed by atoms with van der Waals surface area (Å²) in [6, 6.07) is 10.2. The van der Waals surface area contributed by atoms with Gasteiger partial charge in [0.15, 0.2) is 11.5 Å². The molecule has 0 spiro atoms. The van der Waals surface area contributed by atoms with Crippen molar-refractivity contribution < 1.29 is 9.84 Å². The number of aromatic hydroxyl groups is 1. The van der Waals surface area contributed by atoms with Crippen molar-refractivity contribution in [1.29, 1.82) is 0 Å². The predicted octanol–water partition coefficient (Wildman–Crippen LogP) is 3.46. The number of halogens is 1. The molecule has 0 aliphatic carbocycles. The molecule has 4 N–H and O–H groups in total. The first-order valence-corrected chi connectivity index (χ1v) is 5.71. The Morgan fingerprint density at radius 3 is 2.44 bits per heavy atom. The summed E-state index contributed by atoms with van der Waals surface area (Å²) in [4.78, 5) is 0. The van der Waals surface area contributed by atoms with Crippen LogP contribution < -0.4 is 15.8 Å². The molecule has 0 radical (unpaired) electrons. The molecule has 0 bridgehead atoms. The zero-order valence-corrected chi connectivity index (χ0v) is 10.5. The molecule has 0 aliphatic rings. The maximum Gasteiger partial charge on any atom is 0.187 e. The van der Waals surface area contributed by atoms with Crippen LogP contribution in [0.15, 0.2) is 36.4 Å². The summed E-state index contributed by atoms with van der Waals surface area (Å²) in [5, 5.41) is 13.0. The highest BCUT2D eigenvalue weighted by atomic mass is 35.5. The van der Waals surface area contributed by atoms with Gasteiger partial charge in [-0.25, -0.2) is 0 Å². The first-order chi connectivity index (χ1) is 8.60. The van der Waals surface area contributed by atoms with Gasteiger partial charge < -0.3 is 20.9 Å². The van der Waals surface area contributed by atoms with Gasteiger partial charge in [0.05, 0.1) is 5.02 Å². The van der Waals surface area contributed by atoms with Gasteiger partial charge in [0.2, 0.25) is 0 Å². The average molecular weight is 265 g/mol. The van der Waals surface area contributed by atoms with Crippen LogP contribution in [0.1, 0.15) is 0 Å². The topological polar surface area (TPSA) is 67.5 Å². The summed E-state index contributed by atoms with van der Waals surface area (Å²) in [6.45, 7) is 0. The molecule has 0 atom stereocenters. The summed E-state index contributed by atoms with van der Waals surface area (Å²) < 4.78 is 5.53. The smallest absolute Gasteiger partial charge is 0.187 e. The van der Waals surface area contributed by atoms with E-state index in [9.17, 15) is 5.11 Å². The van der Waals surface area contributed by atoms with E-state index < -0.39 is 0 Å². The molecule has 0 saturated heterocycles. The molecule has 4 nitrogen and oxygen atoms in total. The Morgan fingerprint density at radius 2 is 1.89 bits per heavy atom. The summed E-state index contributed by atoms with van der Waals surface area (Å²) in [5.41, 5.74) is 6.90. The maximum atomic E-state index is 9.73. The number of anilines is 2. The Balaban J connectivity index is 2.28. The zero-order chi connectivity index (χ0) is 13.1.